The molecule has 0 heterocycles. The molecule has 4 nitrogen and oxygen atoms in total. The molecule has 0 amide bonds. The Morgan fingerprint density at radius 2 is 1.75 bits per heavy atom. The Balaban J connectivity index is 2.01. The van der Waals surface area contributed by atoms with Gasteiger partial charge in [-0.1, -0.05) is 18.2 Å². The van der Waals surface area contributed by atoms with Crippen LogP contribution in [0.5, 0.6) is 17.2 Å². The van der Waals surface area contributed by atoms with Gasteiger partial charge in [0, 0.05) is 12.6 Å². The van der Waals surface area contributed by atoms with Gasteiger partial charge in [-0.15, -0.1) is 0 Å². The summed E-state index contributed by atoms with van der Waals surface area (Å²) < 4.78 is 39.5. The summed E-state index contributed by atoms with van der Waals surface area (Å²) in [6.07, 6.45) is 0. The Labute approximate surface area is 140 Å². The lowest BCUT2D eigenvalue weighted by Gasteiger charge is -2.16. The van der Waals surface area contributed by atoms with Crippen LogP contribution in [0.3, 0.4) is 0 Å². The number of alkyl halides is 2. The fourth-order valence-corrected chi connectivity index (χ4v) is 2.34. The van der Waals surface area contributed by atoms with Gasteiger partial charge in [0.05, 0.1) is 14.2 Å². The average molecular weight is 337 g/mol. The van der Waals surface area contributed by atoms with Crippen LogP contribution in [0, 0.1) is 0 Å². The van der Waals surface area contributed by atoms with Crippen molar-refractivity contribution in [2.45, 2.75) is 26.1 Å². The van der Waals surface area contributed by atoms with Crippen molar-refractivity contribution in [1.82, 2.24) is 5.32 Å². The fraction of sp³-hybridized carbons (Fsp3) is 0.333. The maximum atomic E-state index is 12.3. The Morgan fingerprint density at radius 3 is 2.42 bits per heavy atom. The van der Waals surface area contributed by atoms with Crippen LogP contribution in [0.2, 0.25) is 0 Å². The molecule has 0 saturated carbocycles. The van der Waals surface area contributed by atoms with E-state index in [2.05, 4.69) is 10.1 Å². The van der Waals surface area contributed by atoms with Gasteiger partial charge in [-0.05, 0) is 42.3 Å². The molecule has 0 aromatic heterocycles. The number of methoxy groups -OCH3 is 2. The van der Waals surface area contributed by atoms with Gasteiger partial charge >= 0.3 is 6.61 Å². The van der Waals surface area contributed by atoms with Gasteiger partial charge in [0.25, 0.3) is 0 Å². The molecule has 2 rings (SSSR count). The smallest absolute Gasteiger partial charge is 0.387 e. The molecule has 0 bridgehead atoms. The van der Waals surface area contributed by atoms with E-state index in [1.165, 1.54) is 6.07 Å². The molecular formula is C18H21F2NO3. The normalized spacial score (nSPS) is 12.1. The molecule has 1 N–H and O–H groups in total. The zero-order chi connectivity index (χ0) is 17.5. The summed E-state index contributed by atoms with van der Waals surface area (Å²) in [6, 6.07) is 12.3. The van der Waals surface area contributed by atoms with Crippen LogP contribution < -0.4 is 19.5 Å². The molecule has 0 aliphatic carbocycles. The summed E-state index contributed by atoms with van der Waals surface area (Å²) in [4.78, 5) is 0. The minimum Gasteiger partial charge on any atom is -0.493 e. The van der Waals surface area contributed by atoms with Crippen LogP contribution >= 0.6 is 0 Å². The maximum Gasteiger partial charge on any atom is 0.387 e. The molecule has 2 aromatic carbocycles. The van der Waals surface area contributed by atoms with Gasteiger partial charge in [-0.25, -0.2) is 0 Å². The van der Waals surface area contributed by atoms with E-state index in [1.807, 2.05) is 31.2 Å². The van der Waals surface area contributed by atoms with Crippen LogP contribution in [0.25, 0.3) is 0 Å². The third-order valence-electron chi connectivity index (χ3n) is 3.64. The van der Waals surface area contributed by atoms with Gasteiger partial charge in [-0.3, -0.25) is 0 Å². The maximum absolute atomic E-state index is 12.3. The number of halogens is 2. The van der Waals surface area contributed by atoms with E-state index < -0.39 is 6.61 Å². The Hall–Kier alpha value is -2.34. The second-order valence-corrected chi connectivity index (χ2v) is 5.24. The lowest BCUT2D eigenvalue weighted by atomic mass is 10.1. The van der Waals surface area contributed by atoms with E-state index in [1.54, 1.807) is 26.4 Å². The van der Waals surface area contributed by atoms with E-state index in [0.29, 0.717) is 18.0 Å². The number of hydrogen-bond acceptors (Lipinski definition) is 4. The summed E-state index contributed by atoms with van der Waals surface area (Å²) in [5, 5.41) is 3.35. The first-order chi connectivity index (χ1) is 11.5. The lowest BCUT2D eigenvalue weighted by Crippen LogP contribution is -2.18. The summed E-state index contributed by atoms with van der Waals surface area (Å²) in [7, 11) is 3.18. The molecule has 1 unspecified atom stereocenters. The van der Waals surface area contributed by atoms with Gasteiger partial charge in [0.2, 0.25) is 0 Å². The highest BCUT2D eigenvalue weighted by Crippen LogP contribution is 2.28. The highest BCUT2D eigenvalue weighted by Gasteiger charge is 2.10. The quantitative estimate of drug-likeness (QED) is 0.785. The number of hydrogen-bond donors (Lipinski definition) is 1. The second-order valence-electron chi connectivity index (χ2n) is 5.24. The van der Waals surface area contributed by atoms with E-state index >= 15 is 0 Å². The van der Waals surface area contributed by atoms with Crippen molar-refractivity contribution in [3.05, 3.63) is 53.6 Å². The fourth-order valence-electron chi connectivity index (χ4n) is 2.34. The molecule has 0 aliphatic heterocycles. The molecule has 0 aliphatic rings. The molecule has 6 heteroatoms. The third kappa shape index (κ3) is 4.83. The molecule has 1 atom stereocenters. The zero-order valence-corrected chi connectivity index (χ0v) is 13.9. The number of benzene rings is 2. The molecule has 0 fully saturated rings. The summed E-state index contributed by atoms with van der Waals surface area (Å²) in [6.45, 7) is -0.265. The number of nitrogens with one attached hydrogen (secondary N) is 1. The predicted octanol–water partition coefficient (Wildman–Crippen LogP) is 4.16. The monoisotopic (exact) mass is 337 g/mol. The van der Waals surface area contributed by atoms with Crippen LogP contribution in [0.1, 0.15) is 24.1 Å². The summed E-state index contributed by atoms with van der Waals surface area (Å²) in [5.74, 6) is 1.49. The number of rotatable bonds is 8. The van der Waals surface area contributed by atoms with Crippen molar-refractivity contribution >= 4 is 0 Å². The molecule has 0 saturated heterocycles. The van der Waals surface area contributed by atoms with Crippen molar-refractivity contribution in [1.29, 1.82) is 0 Å². The van der Waals surface area contributed by atoms with Gasteiger partial charge in [-0.2, -0.15) is 8.78 Å². The molecule has 24 heavy (non-hydrogen) atoms. The van der Waals surface area contributed by atoms with Gasteiger partial charge in [0.1, 0.15) is 5.75 Å². The lowest BCUT2D eigenvalue weighted by molar-refractivity contribution is -0.0499. The predicted molar refractivity (Wildman–Crippen MR) is 87.9 cm³/mol. The van der Waals surface area contributed by atoms with Gasteiger partial charge < -0.3 is 19.5 Å². The van der Waals surface area contributed by atoms with E-state index in [-0.39, 0.29) is 11.8 Å². The Morgan fingerprint density at radius 1 is 1.00 bits per heavy atom. The van der Waals surface area contributed by atoms with Crippen LogP contribution in [-0.4, -0.2) is 20.8 Å². The first kappa shape index (κ1) is 18.0. The standard InChI is InChI=1S/C18H21F2NO3/c1-12(14-5-4-6-15(10-14)24-18(19)20)21-11-13-7-8-16(22-2)17(9-13)23-3/h4-10,12,18,21H,11H2,1-3H3. The van der Waals surface area contributed by atoms with Crippen molar-refractivity contribution in [2.24, 2.45) is 0 Å². The Bertz CT molecular complexity index is 664. The molecule has 0 radical (unpaired) electrons. The molecule has 0 spiro atoms. The zero-order valence-electron chi connectivity index (χ0n) is 13.9. The van der Waals surface area contributed by atoms with E-state index in [9.17, 15) is 8.78 Å². The van der Waals surface area contributed by atoms with Crippen LogP contribution in [0.15, 0.2) is 42.5 Å². The molecule has 130 valence electrons. The topological polar surface area (TPSA) is 39.7 Å². The first-order valence-electron chi connectivity index (χ1n) is 7.52. The van der Waals surface area contributed by atoms with E-state index in [0.717, 1.165) is 11.1 Å². The second kappa shape index (κ2) is 8.49. The minimum absolute atomic E-state index is 0.0284. The first-order valence-corrected chi connectivity index (χ1v) is 7.52. The Kier molecular flexibility index (Phi) is 6.37. The van der Waals surface area contributed by atoms with Crippen LogP contribution in [-0.2, 0) is 6.54 Å². The van der Waals surface area contributed by atoms with Crippen molar-refractivity contribution in [3.63, 3.8) is 0 Å². The SMILES string of the molecule is COc1ccc(CNC(C)c2cccc(OC(F)F)c2)cc1OC. The van der Waals surface area contributed by atoms with Crippen molar-refractivity contribution in [3.8, 4) is 17.2 Å². The highest BCUT2D eigenvalue weighted by atomic mass is 19.3. The van der Waals surface area contributed by atoms with Crippen molar-refractivity contribution in [2.75, 3.05) is 14.2 Å². The van der Waals surface area contributed by atoms with Gasteiger partial charge in [0.15, 0.2) is 11.5 Å². The summed E-state index contributed by atoms with van der Waals surface area (Å²) >= 11 is 0. The van der Waals surface area contributed by atoms with Crippen LogP contribution in [0.4, 0.5) is 8.78 Å². The number of ether oxygens (including phenoxy) is 3. The average Bonchev–Trinajstić information content (AvgIpc) is 2.59. The largest absolute Gasteiger partial charge is 0.493 e. The molecular weight excluding hydrogens is 316 g/mol. The third-order valence-corrected chi connectivity index (χ3v) is 3.64. The van der Waals surface area contributed by atoms with Crippen molar-refractivity contribution < 1.29 is 23.0 Å². The summed E-state index contributed by atoms with van der Waals surface area (Å²) in [5.41, 5.74) is 1.90. The molecule has 2 aromatic rings. The minimum atomic E-state index is -2.82. The van der Waals surface area contributed by atoms with E-state index in [4.69, 9.17) is 9.47 Å². The highest BCUT2D eigenvalue weighted by molar-refractivity contribution is 5.43.